The van der Waals surface area contributed by atoms with Crippen molar-refractivity contribution < 1.29 is 30.7 Å². The highest BCUT2D eigenvalue weighted by molar-refractivity contribution is 7.90. The number of rotatable bonds is 6. The SMILES string of the molecule is CS(=O)(=O)c1ccc(CN2CC(F)C(OCc3nc4ccc(C(F)(F)F)cc4[nH]3)C2)cc1. The maximum absolute atomic E-state index is 14.5. The van der Waals surface area contributed by atoms with Gasteiger partial charge in [0.1, 0.15) is 24.7 Å². The highest BCUT2D eigenvalue weighted by Crippen LogP contribution is 2.31. The zero-order valence-electron chi connectivity index (χ0n) is 17.1. The lowest BCUT2D eigenvalue weighted by molar-refractivity contribution is -0.137. The summed E-state index contributed by atoms with van der Waals surface area (Å²) in [6, 6.07) is 9.66. The molecule has 172 valence electrons. The summed E-state index contributed by atoms with van der Waals surface area (Å²) in [5, 5.41) is 0. The van der Waals surface area contributed by atoms with Gasteiger partial charge in [0, 0.05) is 25.9 Å². The van der Waals surface area contributed by atoms with Crippen molar-refractivity contribution in [3.63, 3.8) is 0 Å². The first-order chi connectivity index (χ1) is 15.0. The van der Waals surface area contributed by atoms with E-state index in [0.717, 1.165) is 24.0 Å². The molecule has 4 rings (SSSR count). The molecule has 1 aromatic heterocycles. The first kappa shape index (κ1) is 22.7. The molecule has 0 spiro atoms. The molecule has 6 nitrogen and oxygen atoms in total. The number of aromatic nitrogens is 2. The van der Waals surface area contributed by atoms with Crippen molar-refractivity contribution >= 4 is 20.9 Å². The normalized spacial score (nSPS) is 20.3. The molecule has 1 fully saturated rings. The number of alkyl halides is 4. The van der Waals surface area contributed by atoms with Gasteiger partial charge in [-0.3, -0.25) is 4.90 Å². The monoisotopic (exact) mass is 471 g/mol. The van der Waals surface area contributed by atoms with E-state index in [1.165, 1.54) is 18.2 Å². The van der Waals surface area contributed by atoms with Crippen LogP contribution in [0.1, 0.15) is 17.0 Å². The van der Waals surface area contributed by atoms with Crippen molar-refractivity contribution in [1.82, 2.24) is 14.9 Å². The Labute approximate surface area is 182 Å². The van der Waals surface area contributed by atoms with Crippen LogP contribution in [0, 0.1) is 0 Å². The van der Waals surface area contributed by atoms with Gasteiger partial charge in [0.05, 0.1) is 21.5 Å². The summed E-state index contributed by atoms with van der Waals surface area (Å²) in [6.45, 7) is 0.869. The van der Waals surface area contributed by atoms with Gasteiger partial charge in [-0.2, -0.15) is 13.2 Å². The van der Waals surface area contributed by atoms with Gasteiger partial charge >= 0.3 is 6.18 Å². The zero-order chi connectivity index (χ0) is 23.1. The zero-order valence-corrected chi connectivity index (χ0v) is 17.9. The Hall–Kier alpha value is -2.50. The average molecular weight is 471 g/mol. The largest absolute Gasteiger partial charge is 0.416 e. The number of imidazole rings is 1. The molecule has 32 heavy (non-hydrogen) atoms. The Kier molecular flexibility index (Phi) is 5.99. The van der Waals surface area contributed by atoms with Crippen LogP contribution in [0.15, 0.2) is 47.4 Å². The summed E-state index contributed by atoms with van der Waals surface area (Å²) in [4.78, 5) is 9.08. The molecule has 2 unspecified atom stereocenters. The van der Waals surface area contributed by atoms with E-state index in [9.17, 15) is 26.0 Å². The van der Waals surface area contributed by atoms with Crippen LogP contribution in [0.3, 0.4) is 0 Å². The van der Waals surface area contributed by atoms with Crippen LogP contribution in [-0.4, -0.2) is 54.9 Å². The molecular weight excluding hydrogens is 450 g/mol. The molecule has 1 aliphatic rings. The van der Waals surface area contributed by atoms with Crippen molar-refractivity contribution in [1.29, 1.82) is 0 Å². The summed E-state index contributed by atoms with van der Waals surface area (Å²) in [5.41, 5.74) is 0.684. The fraction of sp³-hybridized carbons (Fsp3) is 0.381. The van der Waals surface area contributed by atoms with Crippen LogP contribution < -0.4 is 0 Å². The molecular formula is C21H21F4N3O3S. The molecule has 0 radical (unpaired) electrons. The maximum Gasteiger partial charge on any atom is 0.416 e. The minimum atomic E-state index is -4.45. The van der Waals surface area contributed by atoms with Gasteiger partial charge in [0.15, 0.2) is 9.84 Å². The second-order valence-electron chi connectivity index (χ2n) is 7.89. The number of benzene rings is 2. The quantitative estimate of drug-likeness (QED) is 0.555. The maximum atomic E-state index is 14.5. The first-order valence-electron chi connectivity index (χ1n) is 9.82. The molecule has 1 aliphatic heterocycles. The van der Waals surface area contributed by atoms with Crippen molar-refractivity contribution in [2.45, 2.75) is 36.5 Å². The highest BCUT2D eigenvalue weighted by atomic mass is 32.2. The molecule has 2 heterocycles. The topological polar surface area (TPSA) is 75.3 Å². The summed E-state index contributed by atoms with van der Waals surface area (Å²) < 4.78 is 81.7. The first-order valence-corrected chi connectivity index (χ1v) is 11.7. The van der Waals surface area contributed by atoms with E-state index in [1.807, 2.05) is 4.90 Å². The highest BCUT2D eigenvalue weighted by Gasteiger charge is 2.34. The van der Waals surface area contributed by atoms with E-state index in [-0.39, 0.29) is 23.6 Å². The van der Waals surface area contributed by atoms with E-state index < -0.39 is 33.9 Å². The summed E-state index contributed by atoms with van der Waals surface area (Å²) in [5.74, 6) is 0.321. The van der Waals surface area contributed by atoms with Gasteiger partial charge in [-0.25, -0.2) is 17.8 Å². The third-order valence-corrected chi connectivity index (χ3v) is 6.45. The second kappa shape index (κ2) is 8.45. The van der Waals surface area contributed by atoms with Gasteiger partial charge in [-0.1, -0.05) is 12.1 Å². The van der Waals surface area contributed by atoms with Gasteiger partial charge in [0.2, 0.25) is 0 Å². The summed E-state index contributed by atoms with van der Waals surface area (Å²) >= 11 is 0. The number of nitrogens with one attached hydrogen (secondary N) is 1. The minimum Gasteiger partial charge on any atom is -0.366 e. The fourth-order valence-electron chi connectivity index (χ4n) is 3.69. The van der Waals surface area contributed by atoms with Gasteiger partial charge in [-0.05, 0) is 35.9 Å². The van der Waals surface area contributed by atoms with E-state index >= 15 is 0 Å². The molecule has 0 aliphatic carbocycles. The molecule has 0 saturated carbocycles. The Morgan fingerprint density at radius 1 is 1.16 bits per heavy atom. The average Bonchev–Trinajstić information content (AvgIpc) is 3.27. The molecule has 2 aromatic carbocycles. The third kappa shape index (κ3) is 5.11. The Bertz CT molecular complexity index is 1210. The van der Waals surface area contributed by atoms with E-state index in [2.05, 4.69) is 9.97 Å². The molecule has 3 aromatic rings. The molecule has 2 atom stereocenters. The van der Waals surface area contributed by atoms with Crippen LogP contribution in [0.25, 0.3) is 11.0 Å². The molecule has 0 amide bonds. The second-order valence-corrected chi connectivity index (χ2v) is 9.90. The van der Waals surface area contributed by atoms with Crippen molar-refractivity contribution in [2.24, 2.45) is 0 Å². The van der Waals surface area contributed by atoms with Crippen LogP contribution >= 0.6 is 0 Å². The lowest BCUT2D eigenvalue weighted by atomic mass is 10.2. The predicted molar refractivity (Wildman–Crippen MR) is 109 cm³/mol. The fourth-order valence-corrected chi connectivity index (χ4v) is 4.32. The Morgan fingerprint density at radius 2 is 1.88 bits per heavy atom. The van der Waals surface area contributed by atoms with E-state index in [0.29, 0.717) is 24.4 Å². The van der Waals surface area contributed by atoms with Gasteiger partial charge in [-0.15, -0.1) is 0 Å². The summed E-state index contributed by atoms with van der Waals surface area (Å²) in [7, 11) is -3.28. The molecule has 0 bridgehead atoms. The molecule has 1 N–H and O–H groups in total. The number of fused-ring (bicyclic) bond motifs is 1. The minimum absolute atomic E-state index is 0.0575. The number of nitrogens with zero attached hydrogens (tertiary/aromatic N) is 2. The Balaban J connectivity index is 1.35. The molecule has 1 saturated heterocycles. The van der Waals surface area contributed by atoms with Crippen molar-refractivity contribution in [3.05, 3.63) is 59.4 Å². The van der Waals surface area contributed by atoms with Crippen LogP contribution in [0.4, 0.5) is 17.6 Å². The smallest absolute Gasteiger partial charge is 0.366 e. The van der Waals surface area contributed by atoms with Crippen LogP contribution in [0.5, 0.6) is 0 Å². The van der Waals surface area contributed by atoms with Gasteiger partial charge in [0.25, 0.3) is 0 Å². The van der Waals surface area contributed by atoms with Gasteiger partial charge < -0.3 is 9.72 Å². The number of hydrogen-bond acceptors (Lipinski definition) is 5. The van der Waals surface area contributed by atoms with Crippen molar-refractivity contribution in [2.75, 3.05) is 19.3 Å². The lowest BCUT2D eigenvalue weighted by Crippen LogP contribution is -2.24. The number of halogens is 4. The third-order valence-electron chi connectivity index (χ3n) is 5.32. The van der Waals surface area contributed by atoms with E-state index in [4.69, 9.17) is 4.74 Å². The van der Waals surface area contributed by atoms with Crippen molar-refractivity contribution in [3.8, 4) is 0 Å². The van der Waals surface area contributed by atoms with E-state index in [1.54, 1.807) is 12.1 Å². The number of ether oxygens (including phenoxy) is 1. The summed E-state index contributed by atoms with van der Waals surface area (Å²) in [6.07, 6.45) is -5.25. The molecule has 11 heteroatoms. The lowest BCUT2D eigenvalue weighted by Gasteiger charge is -2.16. The van der Waals surface area contributed by atoms with Crippen LogP contribution in [0.2, 0.25) is 0 Å². The number of hydrogen-bond donors (Lipinski definition) is 1. The Morgan fingerprint density at radius 3 is 2.53 bits per heavy atom. The standard InChI is InChI=1S/C21H21F4N3O3S/c1-32(29,30)15-5-2-13(3-6-15)9-28-10-16(22)19(11-28)31-12-20-26-17-7-4-14(21(23,24)25)8-18(17)27-20/h2-8,16,19H,9-12H2,1H3,(H,26,27). The van der Waals surface area contributed by atoms with Crippen LogP contribution in [-0.2, 0) is 33.9 Å². The number of H-pyrrole nitrogens is 1. The number of likely N-dealkylation sites (tertiary alicyclic amines) is 1. The number of sulfone groups is 1. The number of aromatic amines is 1. The predicted octanol–water partition coefficient (Wildman–Crippen LogP) is 3.72.